The second kappa shape index (κ2) is 7.33. The van der Waals surface area contributed by atoms with Crippen molar-refractivity contribution in [1.29, 1.82) is 0 Å². The fourth-order valence-electron chi connectivity index (χ4n) is 1.66. The Kier molecular flexibility index (Phi) is 6.05. The number of hydrogen-bond acceptors (Lipinski definition) is 4. The average molecular weight is 258 g/mol. The fraction of sp³-hybridized carbons (Fsp3) is 0.667. The van der Waals surface area contributed by atoms with Gasteiger partial charge in [-0.2, -0.15) is 0 Å². The molecule has 0 saturated carbocycles. The van der Waals surface area contributed by atoms with Crippen molar-refractivity contribution in [3.05, 3.63) is 11.9 Å². The lowest BCUT2D eigenvalue weighted by atomic mass is 10.0. The van der Waals surface area contributed by atoms with Crippen LogP contribution in [0.2, 0.25) is 0 Å². The third kappa shape index (κ3) is 4.04. The first kappa shape index (κ1) is 14.0. The van der Waals surface area contributed by atoms with E-state index in [1.165, 1.54) is 6.33 Å². The van der Waals surface area contributed by atoms with Gasteiger partial charge in [0.1, 0.15) is 12.1 Å². The minimum atomic E-state index is 0.577. The summed E-state index contributed by atoms with van der Waals surface area (Å²) in [6, 6.07) is 0. The predicted molar refractivity (Wildman–Crippen MR) is 70.9 cm³/mol. The molecule has 96 valence electrons. The summed E-state index contributed by atoms with van der Waals surface area (Å²) in [6.07, 6.45) is 3.64. The number of anilines is 1. The number of methoxy groups -OCH3 is 1. The van der Waals surface area contributed by atoms with Crippen LogP contribution in [-0.2, 0) is 0 Å². The highest BCUT2D eigenvalue weighted by molar-refractivity contribution is 6.17. The molecule has 0 aliphatic rings. The SMILES string of the molecule is CCC(CCCl)CNc1ncnc(OC)c1C. The average Bonchev–Trinajstić information content (AvgIpc) is 2.36. The largest absolute Gasteiger partial charge is 0.481 e. The normalized spacial score (nSPS) is 12.2. The number of nitrogens with zero attached hydrogens (tertiary/aromatic N) is 2. The lowest BCUT2D eigenvalue weighted by Gasteiger charge is -2.16. The van der Waals surface area contributed by atoms with Gasteiger partial charge in [-0.3, -0.25) is 0 Å². The summed E-state index contributed by atoms with van der Waals surface area (Å²) in [5.41, 5.74) is 0.940. The third-order valence-corrected chi connectivity index (χ3v) is 3.10. The van der Waals surface area contributed by atoms with Crippen molar-refractivity contribution >= 4 is 17.4 Å². The van der Waals surface area contributed by atoms with Crippen LogP contribution in [0, 0.1) is 12.8 Å². The molecule has 1 atom stereocenters. The molecule has 1 aromatic heterocycles. The molecule has 0 bridgehead atoms. The van der Waals surface area contributed by atoms with Gasteiger partial charge in [-0.1, -0.05) is 13.3 Å². The fourth-order valence-corrected chi connectivity index (χ4v) is 1.97. The van der Waals surface area contributed by atoms with Crippen molar-refractivity contribution in [2.45, 2.75) is 26.7 Å². The van der Waals surface area contributed by atoms with E-state index in [0.717, 1.165) is 30.8 Å². The molecule has 1 rings (SSSR count). The minimum absolute atomic E-state index is 0.577. The monoisotopic (exact) mass is 257 g/mol. The van der Waals surface area contributed by atoms with Crippen molar-refractivity contribution in [2.24, 2.45) is 5.92 Å². The first-order valence-corrected chi connectivity index (χ1v) is 6.41. The summed E-state index contributed by atoms with van der Waals surface area (Å²) in [5.74, 6) is 2.73. The first-order chi connectivity index (χ1) is 8.22. The highest BCUT2D eigenvalue weighted by Crippen LogP contribution is 2.20. The van der Waals surface area contributed by atoms with Crippen LogP contribution in [0.25, 0.3) is 0 Å². The van der Waals surface area contributed by atoms with Crippen LogP contribution in [0.5, 0.6) is 5.88 Å². The lowest BCUT2D eigenvalue weighted by Crippen LogP contribution is -2.16. The molecule has 0 aliphatic carbocycles. The van der Waals surface area contributed by atoms with E-state index < -0.39 is 0 Å². The second-order valence-electron chi connectivity index (χ2n) is 3.99. The Hall–Kier alpha value is -1.03. The van der Waals surface area contributed by atoms with Gasteiger partial charge in [-0.15, -0.1) is 11.6 Å². The first-order valence-electron chi connectivity index (χ1n) is 5.88. The van der Waals surface area contributed by atoms with Crippen LogP contribution in [-0.4, -0.2) is 29.5 Å². The summed E-state index contributed by atoms with van der Waals surface area (Å²) in [7, 11) is 1.61. The molecule has 0 amide bonds. The van der Waals surface area contributed by atoms with Gasteiger partial charge in [0.2, 0.25) is 5.88 Å². The summed E-state index contributed by atoms with van der Waals surface area (Å²) in [5, 5.41) is 3.33. The van der Waals surface area contributed by atoms with Crippen LogP contribution in [0.1, 0.15) is 25.3 Å². The van der Waals surface area contributed by atoms with Gasteiger partial charge in [-0.25, -0.2) is 9.97 Å². The summed E-state index contributed by atoms with van der Waals surface area (Å²) in [6.45, 7) is 5.00. The molecule has 17 heavy (non-hydrogen) atoms. The molecule has 0 saturated heterocycles. The minimum Gasteiger partial charge on any atom is -0.481 e. The highest BCUT2D eigenvalue weighted by atomic mass is 35.5. The van der Waals surface area contributed by atoms with Gasteiger partial charge < -0.3 is 10.1 Å². The zero-order valence-electron chi connectivity index (χ0n) is 10.7. The van der Waals surface area contributed by atoms with Crippen LogP contribution in [0.4, 0.5) is 5.82 Å². The number of halogens is 1. The van der Waals surface area contributed by atoms with Gasteiger partial charge in [0.15, 0.2) is 0 Å². The predicted octanol–water partition coefficient (Wildman–Crippen LogP) is 2.86. The molecule has 1 N–H and O–H groups in total. The van der Waals surface area contributed by atoms with Crippen molar-refractivity contribution in [2.75, 3.05) is 24.9 Å². The van der Waals surface area contributed by atoms with Crippen LogP contribution >= 0.6 is 11.6 Å². The van der Waals surface area contributed by atoms with E-state index in [9.17, 15) is 0 Å². The molecular formula is C12H20ClN3O. The van der Waals surface area contributed by atoms with Crippen molar-refractivity contribution in [1.82, 2.24) is 9.97 Å². The van der Waals surface area contributed by atoms with E-state index in [1.54, 1.807) is 7.11 Å². The molecule has 4 nitrogen and oxygen atoms in total. The third-order valence-electron chi connectivity index (χ3n) is 2.88. The number of rotatable bonds is 7. The zero-order valence-corrected chi connectivity index (χ0v) is 11.4. The van der Waals surface area contributed by atoms with E-state index in [0.29, 0.717) is 17.7 Å². The smallest absolute Gasteiger partial charge is 0.221 e. The molecule has 0 radical (unpaired) electrons. The number of ether oxygens (including phenoxy) is 1. The van der Waals surface area contributed by atoms with Crippen molar-refractivity contribution in [3.8, 4) is 5.88 Å². The van der Waals surface area contributed by atoms with Crippen LogP contribution in [0.3, 0.4) is 0 Å². The molecule has 5 heteroatoms. The number of nitrogens with one attached hydrogen (secondary N) is 1. The molecule has 0 aliphatic heterocycles. The van der Waals surface area contributed by atoms with Crippen LogP contribution in [0.15, 0.2) is 6.33 Å². The molecule has 1 heterocycles. The maximum atomic E-state index is 5.76. The number of aromatic nitrogens is 2. The topological polar surface area (TPSA) is 47.0 Å². The second-order valence-corrected chi connectivity index (χ2v) is 4.37. The summed E-state index contributed by atoms with van der Waals surface area (Å²) < 4.78 is 5.15. The Bertz CT molecular complexity index is 347. The number of hydrogen-bond donors (Lipinski definition) is 1. The Morgan fingerprint density at radius 2 is 2.24 bits per heavy atom. The lowest BCUT2D eigenvalue weighted by molar-refractivity contribution is 0.393. The Labute approximate surface area is 108 Å². The van der Waals surface area contributed by atoms with Gasteiger partial charge >= 0.3 is 0 Å². The Balaban J connectivity index is 2.62. The van der Waals surface area contributed by atoms with Gasteiger partial charge in [0.25, 0.3) is 0 Å². The molecule has 0 fully saturated rings. The molecule has 1 unspecified atom stereocenters. The van der Waals surface area contributed by atoms with Gasteiger partial charge in [0, 0.05) is 12.4 Å². The van der Waals surface area contributed by atoms with E-state index in [2.05, 4.69) is 22.2 Å². The molecular weight excluding hydrogens is 238 g/mol. The van der Waals surface area contributed by atoms with Gasteiger partial charge in [-0.05, 0) is 19.3 Å². The molecule has 1 aromatic rings. The van der Waals surface area contributed by atoms with Crippen molar-refractivity contribution < 1.29 is 4.74 Å². The maximum Gasteiger partial charge on any atom is 0.221 e. The Morgan fingerprint density at radius 1 is 1.47 bits per heavy atom. The molecule has 0 spiro atoms. The van der Waals surface area contributed by atoms with E-state index in [1.807, 2.05) is 6.92 Å². The highest BCUT2D eigenvalue weighted by Gasteiger charge is 2.09. The van der Waals surface area contributed by atoms with Crippen molar-refractivity contribution in [3.63, 3.8) is 0 Å². The quantitative estimate of drug-likeness (QED) is 0.763. The maximum absolute atomic E-state index is 5.76. The van der Waals surface area contributed by atoms with Crippen LogP contribution < -0.4 is 10.1 Å². The standard InChI is InChI=1S/C12H20ClN3O/c1-4-10(5-6-13)7-14-11-9(2)12(17-3)16-8-15-11/h8,10H,4-7H2,1-3H3,(H,14,15,16). The zero-order chi connectivity index (χ0) is 12.7. The van der Waals surface area contributed by atoms with Gasteiger partial charge in [0.05, 0.1) is 12.7 Å². The van der Waals surface area contributed by atoms with E-state index in [4.69, 9.17) is 16.3 Å². The Morgan fingerprint density at radius 3 is 2.82 bits per heavy atom. The van der Waals surface area contributed by atoms with E-state index >= 15 is 0 Å². The number of alkyl halides is 1. The van der Waals surface area contributed by atoms with E-state index in [-0.39, 0.29) is 0 Å². The summed E-state index contributed by atoms with van der Waals surface area (Å²) in [4.78, 5) is 8.26. The molecule has 0 aromatic carbocycles. The summed E-state index contributed by atoms with van der Waals surface area (Å²) >= 11 is 5.76.